The second-order valence-corrected chi connectivity index (χ2v) is 11.1. The van der Waals surface area contributed by atoms with E-state index in [1.807, 2.05) is 24.3 Å². The third-order valence-electron chi connectivity index (χ3n) is 6.90. The van der Waals surface area contributed by atoms with E-state index >= 15 is 0 Å². The van der Waals surface area contributed by atoms with Crippen molar-refractivity contribution >= 4 is 21.6 Å². The van der Waals surface area contributed by atoms with Crippen molar-refractivity contribution in [3.8, 4) is 17.1 Å². The predicted molar refractivity (Wildman–Crippen MR) is 137 cm³/mol. The molecule has 10 heteroatoms. The minimum Gasteiger partial charge on any atom is -0.495 e. The lowest BCUT2D eigenvalue weighted by atomic mass is 10.1. The monoisotopic (exact) mass is 509 g/mol. The van der Waals surface area contributed by atoms with E-state index in [9.17, 15) is 13.2 Å². The van der Waals surface area contributed by atoms with E-state index in [1.54, 1.807) is 6.07 Å². The number of nitrogens with one attached hydrogen (secondary N) is 2. The zero-order valence-electron chi connectivity index (χ0n) is 20.4. The first-order valence-electron chi connectivity index (χ1n) is 12.5. The van der Waals surface area contributed by atoms with Crippen LogP contribution in [-0.2, 0) is 23.0 Å². The molecule has 2 aliphatic rings. The highest BCUT2D eigenvalue weighted by atomic mass is 32.2. The molecule has 36 heavy (non-hydrogen) atoms. The summed E-state index contributed by atoms with van der Waals surface area (Å²) in [6.45, 7) is 0.911. The van der Waals surface area contributed by atoms with Crippen LogP contribution in [0.5, 0.6) is 5.75 Å². The van der Waals surface area contributed by atoms with Gasteiger partial charge in [-0.05, 0) is 68.1 Å². The number of amides is 1. The van der Waals surface area contributed by atoms with Crippen molar-refractivity contribution in [2.45, 2.75) is 68.8 Å². The highest BCUT2D eigenvalue weighted by Crippen LogP contribution is 2.28. The number of nitrogens with zero attached hydrogens (tertiary/aromatic N) is 3. The number of aromatic nitrogens is 3. The quantitative estimate of drug-likeness (QED) is 0.494. The molecule has 0 bridgehead atoms. The van der Waals surface area contributed by atoms with Crippen LogP contribution in [0.1, 0.15) is 61.1 Å². The number of hydrogen-bond donors (Lipinski definition) is 2. The predicted octanol–water partition coefficient (Wildman–Crippen LogP) is 4.15. The van der Waals surface area contributed by atoms with Gasteiger partial charge in [-0.1, -0.05) is 19.3 Å². The van der Waals surface area contributed by atoms with Gasteiger partial charge in [-0.3, -0.25) is 4.79 Å². The normalized spacial score (nSPS) is 16.4. The van der Waals surface area contributed by atoms with Gasteiger partial charge in [-0.2, -0.15) is 0 Å². The Kier molecular flexibility index (Phi) is 7.06. The van der Waals surface area contributed by atoms with Gasteiger partial charge in [0.25, 0.3) is 5.91 Å². The summed E-state index contributed by atoms with van der Waals surface area (Å²) in [6, 6.07) is 11.8. The Bertz CT molecular complexity index is 1350. The summed E-state index contributed by atoms with van der Waals surface area (Å²) in [6.07, 6.45) is 8.02. The highest BCUT2D eigenvalue weighted by Gasteiger charge is 2.26. The fourth-order valence-electron chi connectivity index (χ4n) is 4.96. The van der Waals surface area contributed by atoms with E-state index in [2.05, 4.69) is 24.8 Å². The molecule has 2 heterocycles. The Morgan fingerprint density at radius 2 is 1.78 bits per heavy atom. The number of methoxy groups -OCH3 is 1. The van der Waals surface area contributed by atoms with Crippen LogP contribution in [0, 0.1) is 0 Å². The molecular weight excluding hydrogens is 478 g/mol. The fraction of sp³-hybridized carbons (Fsp3) is 0.423. The van der Waals surface area contributed by atoms with Gasteiger partial charge < -0.3 is 14.6 Å². The molecule has 2 aromatic carbocycles. The van der Waals surface area contributed by atoms with Crippen LogP contribution in [0.15, 0.2) is 47.4 Å². The summed E-state index contributed by atoms with van der Waals surface area (Å²) in [5.41, 5.74) is 1.77. The molecule has 190 valence electrons. The summed E-state index contributed by atoms with van der Waals surface area (Å²) in [5.74, 6) is 1.66. The van der Waals surface area contributed by atoms with Crippen LogP contribution >= 0.6 is 0 Å². The van der Waals surface area contributed by atoms with Crippen molar-refractivity contribution in [3.63, 3.8) is 0 Å². The molecule has 1 saturated carbocycles. The topological polar surface area (TPSA) is 115 Å². The lowest BCUT2D eigenvalue weighted by Crippen LogP contribution is -2.33. The van der Waals surface area contributed by atoms with Gasteiger partial charge in [0.1, 0.15) is 16.5 Å². The highest BCUT2D eigenvalue weighted by molar-refractivity contribution is 7.89. The number of fused-ring (bicyclic) bond motifs is 1. The molecule has 0 unspecified atom stereocenters. The van der Waals surface area contributed by atoms with Crippen molar-refractivity contribution in [1.82, 2.24) is 19.5 Å². The van der Waals surface area contributed by atoms with Crippen LogP contribution in [0.25, 0.3) is 11.4 Å². The number of sulfonamides is 1. The zero-order chi connectivity index (χ0) is 25.1. The van der Waals surface area contributed by atoms with Gasteiger partial charge in [0.2, 0.25) is 10.0 Å². The number of benzene rings is 2. The SMILES string of the molecule is COc1ccc(C(=O)Nc2ccc(-c3nnc4n3CCCCC4)cc2)cc1S(=O)(=O)NC1CCCC1. The van der Waals surface area contributed by atoms with Crippen LogP contribution < -0.4 is 14.8 Å². The summed E-state index contributed by atoms with van der Waals surface area (Å²) in [5, 5.41) is 11.6. The van der Waals surface area contributed by atoms with Crippen molar-refractivity contribution in [1.29, 1.82) is 0 Å². The van der Waals surface area contributed by atoms with Crippen LogP contribution in [0.4, 0.5) is 5.69 Å². The van der Waals surface area contributed by atoms with E-state index in [-0.39, 0.29) is 22.3 Å². The summed E-state index contributed by atoms with van der Waals surface area (Å²) in [4.78, 5) is 13.0. The molecule has 0 saturated heterocycles. The van der Waals surface area contributed by atoms with Crippen LogP contribution in [0.3, 0.4) is 0 Å². The smallest absolute Gasteiger partial charge is 0.255 e. The van der Waals surface area contributed by atoms with Gasteiger partial charge in [0.05, 0.1) is 7.11 Å². The van der Waals surface area contributed by atoms with Crippen molar-refractivity contribution in [2.24, 2.45) is 0 Å². The molecular formula is C26H31N5O4S. The molecule has 0 atom stereocenters. The maximum atomic E-state index is 13.0. The first kappa shape index (κ1) is 24.5. The Morgan fingerprint density at radius 3 is 2.53 bits per heavy atom. The van der Waals surface area contributed by atoms with E-state index < -0.39 is 15.9 Å². The number of aryl methyl sites for hydroxylation is 1. The molecule has 3 aromatic rings. The Morgan fingerprint density at radius 1 is 1.00 bits per heavy atom. The van der Waals surface area contributed by atoms with Gasteiger partial charge in [-0.25, -0.2) is 13.1 Å². The molecule has 1 aliphatic carbocycles. The Balaban J connectivity index is 1.33. The number of rotatable bonds is 7. The molecule has 2 N–H and O–H groups in total. The van der Waals surface area contributed by atoms with E-state index in [4.69, 9.17) is 4.74 Å². The lowest BCUT2D eigenvalue weighted by Gasteiger charge is -2.16. The van der Waals surface area contributed by atoms with E-state index in [0.717, 1.165) is 68.7 Å². The molecule has 1 fully saturated rings. The fourth-order valence-corrected chi connectivity index (χ4v) is 6.46. The minimum atomic E-state index is -3.83. The average Bonchev–Trinajstić information content (AvgIpc) is 3.47. The Labute approximate surface area is 211 Å². The van der Waals surface area contributed by atoms with Gasteiger partial charge >= 0.3 is 0 Å². The summed E-state index contributed by atoms with van der Waals surface area (Å²) in [7, 11) is -2.41. The maximum Gasteiger partial charge on any atom is 0.255 e. The largest absolute Gasteiger partial charge is 0.495 e. The van der Waals surface area contributed by atoms with E-state index in [0.29, 0.717) is 5.69 Å². The second kappa shape index (κ2) is 10.4. The molecule has 0 spiro atoms. The third kappa shape index (κ3) is 5.15. The van der Waals surface area contributed by atoms with Crippen molar-refractivity contribution in [2.75, 3.05) is 12.4 Å². The second-order valence-electron chi connectivity index (χ2n) is 9.40. The number of carbonyl (C=O) groups is 1. The molecule has 1 aromatic heterocycles. The number of anilines is 1. The first-order valence-corrected chi connectivity index (χ1v) is 14.0. The first-order chi connectivity index (χ1) is 17.4. The number of carbonyl (C=O) groups excluding carboxylic acids is 1. The van der Waals surface area contributed by atoms with Crippen LogP contribution in [-0.4, -0.2) is 42.2 Å². The summed E-state index contributed by atoms with van der Waals surface area (Å²) < 4.78 is 36.3. The molecule has 1 aliphatic heterocycles. The van der Waals surface area contributed by atoms with Crippen molar-refractivity contribution in [3.05, 3.63) is 53.9 Å². The lowest BCUT2D eigenvalue weighted by molar-refractivity contribution is 0.102. The van der Waals surface area contributed by atoms with Gasteiger partial charge in [0.15, 0.2) is 5.82 Å². The summed E-state index contributed by atoms with van der Waals surface area (Å²) >= 11 is 0. The van der Waals surface area contributed by atoms with Gasteiger partial charge in [0, 0.05) is 35.8 Å². The standard InChI is InChI=1S/C26H31N5O4S/c1-35-22-15-12-19(17-23(22)36(33,34)30-21-7-4-5-8-21)26(32)27-20-13-10-18(11-14-20)25-29-28-24-9-3-2-6-16-31(24)25/h10-15,17,21,30H,2-9,16H2,1H3,(H,27,32). The number of hydrogen-bond acceptors (Lipinski definition) is 6. The maximum absolute atomic E-state index is 13.0. The average molecular weight is 510 g/mol. The van der Waals surface area contributed by atoms with Crippen molar-refractivity contribution < 1.29 is 17.9 Å². The third-order valence-corrected chi connectivity index (χ3v) is 8.44. The molecule has 5 rings (SSSR count). The molecule has 1 amide bonds. The number of ether oxygens (including phenoxy) is 1. The minimum absolute atomic E-state index is 0.0348. The van der Waals surface area contributed by atoms with E-state index in [1.165, 1.54) is 25.7 Å². The molecule has 0 radical (unpaired) electrons. The van der Waals surface area contributed by atoms with Crippen LogP contribution in [0.2, 0.25) is 0 Å². The van der Waals surface area contributed by atoms with Gasteiger partial charge in [-0.15, -0.1) is 10.2 Å². The molecule has 9 nitrogen and oxygen atoms in total. The Hall–Kier alpha value is -3.24. The zero-order valence-corrected chi connectivity index (χ0v) is 21.2.